The highest BCUT2D eigenvalue weighted by molar-refractivity contribution is 7.19. The van der Waals surface area contributed by atoms with Gasteiger partial charge in [0.25, 0.3) is 0 Å². The van der Waals surface area contributed by atoms with Crippen LogP contribution in [0.2, 0.25) is 0 Å². The summed E-state index contributed by atoms with van der Waals surface area (Å²) in [5.74, 6) is 0.838. The lowest BCUT2D eigenvalue weighted by Crippen LogP contribution is -2.02. The molecule has 0 unspecified atom stereocenters. The van der Waals surface area contributed by atoms with E-state index >= 15 is 0 Å². The largest absolute Gasteiger partial charge is 0.261 e. The molecule has 1 aromatic rings. The van der Waals surface area contributed by atoms with E-state index in [0.717, 1.165) is 5.92 Å². The zero-order valence-corrected chi connectivity index (χ0v) is 8.36. The second-order valence-electron chi connectivity index (χ2n) is 3.62. The summed E-state index contributed by atoms with van der Waals surface area (Å²) < 4.78 is 0. The maximum atomic E-state index is 4.31. The topological polar surface area (TPSA) is 12.9 Å². The van der Waals surface area contributed by atoms with Crippen LogP contribution in [0.5, 0.6) is 0 Å². The Bertz CT molecular complexity index is 253. The van der Waals surface area contributed by atoms with Crippen LogP contribution in [0.4, 0.5) is 0 Å². The summed E-state index contributed by atoms with van der Waals surface area (Å²) in [6, 6.07) is 0. The molecule has 0 aliphatic heterocycles. The maximum absolute atomic E-state index is 4.31. The van der Waals surface area contributed by atoms with E-state index in [1.165, 1.54) is 41.9 Å². The summed E-state index contributed by atoms with van der Waals surface area (Å²) in [4.78, 5) is 7.05. The molecule has 12 heavy (non-hydrogen) atoms. The van der Waals surface area contributed by atoms with E-state index in [4.69, 9.17) is 0 Å². The smallest absolute Gasteiger partial charge is 0.177 e. The molecule has 0 saturated heterocycles. The fraction of sp³-hybridized carbons (Fsp3) is 0.667. The van der Waals surface area contributed by atoms with Crippen molar-refractivity contribution < 1.29 is 0 Å². The van der Waals surface area contributed by atoms with E-state index in [1.807, 2.05) is 11.3 Å². The summed E-state index contributed by atoms with van der Waals surface area (Å²) in [5.41, 5.74) is 0. The van der Waals surface area contributed by atoms with Gasteiger partial charge >= 0.3 is 0 Å². The Labute approximate surface area is 78.6 Å². The van der Waals surface area contributed by atoms with Crippen molar-refractivity contribution in [3.05, 3.63) is 11.1 Å². The molecule has 1 aliphatic carbocycles. The van der Waals surface area contributed by atoms with E-state index in [9.17, 15) is 0 Å². The van der Waals surface area contributed by atoms with E-state index in [1.54, 1.807) is 0 Å². The molecule has 0 N–H and O–H groups in total. The van der Waals surface area contributed by atoms with Crippen LogP contribution in [0, 0.1) is 0 Å². The van der Waals surface area contributed by atoms with Crippen LogP contribution < -0.4 is 4.91 Å². The van der Waals surface area contributed by atoms with Gasteiger partial charge in [-0.25, -0.2) is 0 Å². The molecule has 1 aliphatic rings. The predicted octanol–water partition coefficient (Wildman–Crippen LogP) is 1.45. The van der Waals surface area contributed by atoms with Crippen molar-refractivity contribution >= 4 is 24.1 Å². The summed E-state index contributed by atoms with van der Waals surface area (Å²) >= 11 is 1.88. The fourth-order valence-corrected chi connectivity index (χ4v) is 2.91. The third-order valence-corrected chi connectivity index (χ3v) is 3.72. The molecule has 0 aromatic carbocycles. The van der Waals surface area contributed by atoms with Crippen molar-refractivity contribution in [2.24, 2.45) is 0 Å². The van der Waals surface area contributed by atoms with Crippen molar-refractivity contribution in [1.29, 1.82) is 0 Å². The lowest BCUT2D eigenvalue weighted by Gasteiger charge is -2.19. The Morgan fingerprint density at radius 1 is 1.33 bits per heavy atom. The van der Waals surface area contributed by atoms with Crippen molar-refractivity contribution in [2.45, 2.75) is 38.0 Å². The van der Waals surface area contributed by atoms with Crippen LogP contribution >= 0.6 is 11.3 Å². The van der Waals surface area contributed by atoms with Gasteiger partial charge in [0.15, 0.2) is 7.85 Å². The normalized spacial score (nSPS) is 19.7. The summed E-state index contributed by atoms with van der Waals surface area (Å²) in [6.45, 7) is 0. The molecule has 1 heterocycles. The minimum Gasteiger partial charge on any atom is -0.261 e. The van der Waals surface area contributed by atoms with Crippen LogP contribution in [0.15, 0.2) is 6.20 Å². The van der Waals surface area contributed by atoms with E-state index in [0.29, 0.717) is 0 Å². The van der Waals surface area contributed by atoms with E-state index in [-0.39, 0.29) is 0 Å². The van der Waals surface area contributed by atoms with Gasteiger partial charge in [0.05, 0.1) is 0 Å². The average molecular weight is 179 g/mol. The first kappa shape index (κ1) is 8.30. The minimum atomic E-state index is 0.838. The SMILES string of the molecule is Bc1ncc(C2CCCCC2)s1. The third-order valence-electron chi connectivity index (χ3n) is 2.65. The highest BCUT2D eigenvalue weighted by Gasteiger charge is 2.16. The molecule has 0 radical (unpaired) electrons. The molecule has 1 fully saturated rings. The Hall–Kier alpha value is -0.305. The van der Waals surface area contributed by atoms with Crippen LogP contribution in [0.1, 0.15) is 42.9 Å². The third kappa shape index (κ3) is 1.71. The molecule has 1 aromatic heterocycles. The van der Waals surface area contributed by atoms with Gasteiger partial charge in [-0.2, -0.15) is 0 Å². The fourth-order valence-electron chi connectivity index (χ4n) is 1.95. The van der Waals surface area contributed by atoms with Gasteiger partial charge in [-0.1, -0.05) is 19.3 Å². The lowest BCUT2D eigenvalue weighted by molar-refractivity contribution is 0.448. The van der Waals surface area contributed by atoms with Crippen molar-refractivity contribution in [2.75, 3.05) is 0 Å². The first-order valence-electron chi connectivity index (χ1n) is 4.78. The van der Waals surface area contributed by atoms with Gasteiger partial charge in [0.2, 0.25) is 0 Å². The first-order valence-corrected chi connectivity index (χ1v) is 5.60. The van der Waals surface area contributed by atoms with E-state index in [2.05, 4.69) is 19.0 Å². The van der Waals surface area contributed by atoms with Crippen LogP contribution in [0.25, 0.3) is 0 Å². The quantitative estimate of drug-likeness (QED) is 0.594. The second-order valence-corrected chi connectivity index (χ2v) is 4.88. The van der Waals surface area contributed by atoms with Crippen molar-refractivity contribution in [3.8, 4) is 0 Å². The molecule has 64 valence electrons. The minimum absolute atomic E-state index is 0.838. The molecular formula is C9H14BNS. The Kier molecular flexibility index (Phi) is 2.49. The van der Waals surface area contributed by atoms with Gasteiger partial charge < -0.3 is 0 Å². The zero-order chi connectivity index (χ0) is 8.39. The molecule has 3 heteroatoms. The number of hydrogen-bond acceptors (Lipinski definition) is 2. The molecule has 0 spiro atoms. The average Bonchev–Trinajstić information content (AvgIpc) is 2.54. The lowest BCUT2D eigenvalue weighted by atomic mass is 9.89. The monoisotopic (exact) mass is 179 g/mol. The molecular weight excluding hydrogens is 165 g/mol. The number of aromatic nitrogens is 1. The summed E-state index contributed by atoms with van der Waals surface area (Å²) in [5, 5.41) is 0. The molecule has 1 nitrogen and oxygen atoms in total. The summed E-state index contributed by atoms with van der Waals surface area (Å²) in [7, 11) is 2.09. The van der Waals surface area contributed by atoms with Gasteiger partial charge in [-0.3, -0.25) is 4.98 Å². The van der Waals surface area contributed by atoms with Gasteiger partial charge in [0, 0.05) is 16.0 Å². The predicted molar refractivity (Wildman–Crippen MR) is 56.1 cm³/mol. The molecule has 0 amide bonds. The molecule has 0 bridgehead atoms. The highest BCUT2D eigenvalue weighted by Crippen LogP contribution is 2.33. The van der Waals surface area contributed by atoms with Gasteiger partial charge in [-0.15, -0.1) is 11.3 Å². The van der Waals surface area contributed by atoms with Crippen LogP contribution in [-0.2, 0) is 0 Å². The second kappa shape index (κ2) is 3.61. The number of rotatable bonds is 1. The first-order chi connectivity index (χ1) is 5.86. The van der Waals surface area contributed by atoms with E-state index < -0.39 is 0 Å². The van der Waals surface area contributed by atoms with Crippen LogP contribution in [-0.4, -0.2) is 12.8 Å². The molecule has 2 rings (SSSR count). The maximum Gasteiger partial charge on any atom is 0.177 e. The van der Waals surface area contributed by atoms with Crippen molar-refractivity contribution in [1.82, 2.24) is 4.98 Å². The standard InChI is InChI=1S/C9H14BNS/c10-9-11-6-8(12-9)7-4-2-1-3-5-7/h6-7H,1-5,10H2. The number of hydrogen-bond donors (Lipinski definition) is 0. The zero-order valence-electron chi connectivity index (χ0n) is 7.55. The molecule has 1 saturated carbocycles. The highest BCUT2D eigenvalue weighted by atomic mass is 32.1. The Morgan fingerprint density at radius 2 is 2.08 bits per heavy atom. The van der Waals surface area contributed by atoms with Gasteiger partial charge in [-0.05, 0) is 18.8 Å². The Morgan fingerprint density at radius 3 is 2.67 bits per heavy atom. The van der Waals surface area contributed by atoms with Crippen molar-refractivity contribution in [3.63, 3.8) is 0 Å². The number of nitrogens with zero attached hydrogens (tertiary/aromatic N) is 1. The number of thiazole rings is 1. The van der Waals surface area contributed by atoms with Gasteiger partial charge in [0.1, 0.15) is 0 Å². The van der Waals surface area contributed by atoms with Crippen LogP contribution in [0.3, 0.4) is 0 Å². The Balaban J connectivity index is 2.08. The summed E-state index contributed by atoms with van der Waals surface area (Å²) in [6.07, 6.45) is 9.14. The molecule has 0 atom stereocenters.